The number of hydrogen-bond donors (Lipinski definition) is 2. The van der Waals surface area contributed by atoms with Gasteiger partial charge in [-0.15, -0.1) is 0 Å². The molecule has 0 unspecified atom stereocenters. The van der Waals surface area contributed by atoms with Gasteiger partial charge >= 0.3 is 5.97 Å². The first-order valence-electron chi connectivity index (χ1n) is 8.85. The predicted octanol–water partition coefficient (Wildman–Crippen LogP) is 3.67. The summed E-state index contributed by atoms with van der Waals surface area (Å²) in [6.45, 7) is 4.54. The maximum atomic E-state index is 12.6. The van der Waals surface area contributed by atoms with Gasteiger partial charge < -0.3 is 9.84 Å². The van der Waals surface area contributed by atoms with Gasteiger partial charge in [0.15, 0.2) is 0 Å². The summed E-state index contributed by atoms with van der Waals surface area (Å²) in [5.41, 5.74) is 1.51. The zero-order chi connectivity index (χ0) is 19.9. The van der Waals surface area contributed by atoms with Crippen molar-refractivity contribution < 1.29 is 23.1 Å². The summed E-state index contributed by atoms with van der Waals surface area (Å²) < 4.78 is 33.3. The number of carboxylic acid groups (broad SMARTS) is 1. The number of rotatable bonds is 10. The Morgan fingerprint density at radius 2 is 1.74 bits per heavy atom. The van der Waals surface area contributed by atoms with Crippen molar-refractivity contribution in [3.8, 4) is 5.75 Å². The van der Waals surface area contributed by atoms with Crippen LogP contribution in [0, 0.1) is 6.92 Å². The van der Waals surface area contributed by atoms with Crippen molar-refractivity contribution in [1.29, 1.82) is 0 Å². The molecule has 0 aliphatic rings. The van der Waals surface area contributed by atoms with Gasteiger partial charge in [0.2, 0.25) is 10.0 Å². The van der Waals surface area contributed by atoms with E-state index >= 15 is 0 Å². The van der Waals surface area contributed by atoms with Gasteiger partial charge in [0.1, 0.15) is 5.75 Å². The molecule has 1 atom stereocenters. The standard InChI is InChI=1S/C20H25NO5S/c1-3-4-13-26-17-9-7-16(8-10-17)19(14-20(22)23)21-27(24,25)18-11-5-15(2)6-12-18/h5-12,19,21H,3-4,13-14H2,1-2H3,(H,22,23)/t19-/m0/s1. The highest BCUT2D eigenvalue weighted by atomic mass is 32.2. The third-order valence-corrected chi connectivity index (χ3v) is 5.54. The maximum absolute atomic E-state index is 12.6. The Bertz CT molecular complexity index is 845. The molecule has 2 N–H and O–H groups in total. The van der Waals surface area contributed by atoms with E-state index in [0.29, 0.717) is 17.9 Å². The topological polar surface area (TPSA) is 92.7 Å². The van der Waals surface area contributed by atoms with Crippen molar-refractivity contribution in [1.82, 2.24) is 4.72 Å². The van der Waals surface area contributed by atoms with E-state index in [4.69, 9.17) is 4.74 Å². The van der Waals surface area contributed by atoms with Gasteiger partial charge in [-0.1, -0.05) is 43.2 Å². The summed E-state index contributed by atoms with van der Waals surface area (Å²) in [6.07, 6.45) is 1.61. The average Bonchev–Trinajstić information content (AvgIpc) is 2.62. The summed E-state index contributed by atoms with van der Waals surface area (Å²) in [4.78, 5) is 11.3. The SMILES string of the molecule is CCCCOc1ccc([C@H](CC(=O)O)NS(=O)(=O)c2ccc(C)cc2)cc1. The van der Waals surface area contributed by atoms with Crippen LogP contribution in [0.15, 0.2) is 53.4 Å². The van der Waals surface area contributed by atoms with Crippen LogP contribution in [0.3, 0.4) is 0 Å². The molecule has 0 aliphatic heterocycles. The van der Waals surface area contributed by atoms with Gasteiger partial charge in [-0.25, -0.2) is 13.1 Å². The molecule has 146 valence electrons. The Morgan fingerprint density at radius 3 is 2.30 bits per heavy atom. The molecular weight excluding hydrogens is 366 g/mol. The van der Waals surface area contributed by atoms with E-state index in [1.54, 1.807) is 36.4 Å². The van der Waals surface area contributed by atoms with Crippen LogP contribution in [0.2, 0.25) is 0 Å². The van der Waals surface area contributed by atoms with Crippen molar-refractivity contribution >= 4 is 16.0 Å². The van der Waals surface area contributed by atoms with E-state index in [1.165, 1.54) is 12.1 Å². The molecule has 0 aromatic heterocycles. The van der Waals surface area contributed by atoms with Crippen LogP contribution in [0.1, 0.15) is 43.4 Å². The Labute approximate surface area is 160 Å². The molecule has 2 rings (SSSR count). The molecule has 7 heteroatoms. The molecule has 2 aromatic carbocycles. The quantitative estimate of drug-likeness (QED) is 0.603. The number of benzene rings is 2. The van der Waals surface area contributed by atoms with Crippen molar-refractivity contribution in [2.24, 2.45) is 0 Å². The number of nitrogens with one attached hydrogen (secondary N) is 1. The number of aliphatic carboxylic acids is 1. The molecular formula is C20H25NO5S. The van der Waals surface area contributed by atoms with Crippen LogP contribution in [0.4, 0.5) is 0 Å². The van der Waals surface area contributed by atoms with Crippen LogP contribution in [-0.2, 0) is 14.8 Å². The van der Waals surface area contributed by atoms with Crippen LogP contribution in [0.25, 0.3) is 0 Å². The molecule has 0 saturated carbocycles. The number of hydrogen-bond acceptors (Lipinski definition) is 4. The van der Waals surface area contributed by atoms with Crippen LogP contribution in [0.5, 0.6) is 5.75 Å². The summed E-state index contributed by atoms with van der Waals surface area (Å²) in [5, 5.41) is 9.19. The number of sulfonamides is 1. The monoisotopic (exact) mass is 391 g/mol. The molecule has 0 aliphatic carbocycles. The lowest BCUT2D eigenvalue weighted by Crippen LogP contribution is -2.30. The Balaban J connectivity index is 2.19. The van der Waals surface area contributed by atoms with E-state index < -0.39 is 22.0 Å². The zero-order valence-electron chi connectivity index (χ0n) is 15.5. The van der Waals surface area contributed by atoms with E-state index in [2.05, 4.69) is 11.6 Å². The normalized spacial score (nSPS) is 12.5. The van der Waals surface area contributed by atoms with Gasteiger partial charge in [0.05, 0.1) is 24.0 Å². The second-order valence-corrected chi connectivity index (χ2v) is 8.07. The largest absolute Gasteiger partial charge is 0.494 e. The van der Waals surface area contributed by atoms with Gasteiger partial charge in [0, 0.05) is 0 Å². The minimum atomic E-state index is -3.84. The third kappa shape index (κ3) is 6.37. The summed E-state index contributed by atoms with van der Waals surface area (Å²) >= 11 is 0. The lowest BCUT2D eigenvalue weighted by atomic mass is 10.0. The van der Waals surface area contributed by atoms with Gasteiger partial charge in [0.25, 0.3) is 0 Å². The van der Waals surface area contributed by atoms with Crippen molar-refractivity contribution in [3.05, 3.63) is 59.7 Å². The molecule has 0 bridgehead atoms. The molecule has 0 spiro atoms. The fourth-order valence-corrected chi connectivity index (χ4v) is 3.73. The highest BCUT2D eigenvalue weighted by Crippen LogP contribution is 2.23. The highest BCUT2D eigenvalue weighted by Gasteiger charge is 2.23. The summed E-state index contributed by atoms with van der Waals surface area (Å²) in [7, 11) is -3.84. The smallest absolute Gasteiger partial charge is 0.305 e. The molecule has 0 amide bonds. The maximum Gasteiger partial charge on any atom is 0.305 e. The molecule has 0 saturated heterocycles. The van der Waals surface area contributed by atoms with Crippen molar-refractivity contribution in [2.45, 2.75) is 44.0 Å². The Kier molecular flexibility index (Phi) is 7.38. The summed E-state index contributed by atoms with van der Waals surface area (Å²) in [5.74, 6) is -0.419. The zero-order valence-corrected chi connectivity index (χ0v) is 16.3. The molecule has 0 radical (unpaired) electrons. The van der Waals surface area contributed by atoms with Crippen LogP contribution >= 0.6 is 0 Å². The number of unbranched alkanes of at least 4 members (excludes halogenated alkanes) is 1. The number of aryl methyl sites for hydroxylation is 1. The van der Waals surface area contributed by atoms with E-state index in [1.807, 2.05) is 6.92 Å². The lowest BCUT2D eigenvalue weighted by molar-refractivity contribution is -0.137. The van der Waals surface area contributed by atoms with E-state index in [9.17, 15) is 18.3 Å². The lowest BCUT2D eigenvalue weighted by Gasteiger charge is -2.18. The van der Waals surface area contributed by atoms with Crippen LogP contribution in [-0.4, -0.2) is 26.1 Å². The van der Waals surface area contributed by atoms with Crippen molar-refractivity contribution in [3.63, 3.8) is 0 Å². The highest BCUT2D eigenvalue weighted by molar-refractivity contribution is 7.89. The first kappa shape index (κ1) is 20.9. The molecule has 0 fully saturated rings. The molecule has 27 heavy (non-hydrogen) atoms. The first-order chi connectivity index (χ1) is 12.8. The van der Waals surface area contributed by atoms with Gasteiger partial charge in [-0.3, -0.25) is 4.79 Å². The molecule has 2 aromatic rings. The van der Waals surface area contributed by atoms with Gasteiger partial charge in [-0.2, -0.15) is 0 Å². The third-order valence-electron chi connectivity index (χ3n) is 4.06. The predicted molar refractivity (Wildman–Crippen MR) is 103 cm³/mol. The second kappa shape index (κ2) is 9.53. The molecule has 0 heterocycles. The number of ether oxygens (including phenoxy) is 1. The number of carboxylic acids is 1. The fraction of sp³-hybridized carbons (Fsp3) is 0.350. The van der Waals surface area contributed by atoms with Crippen molar-refractivity contribution in [2.75, 3.05) is 6.61 Å². The van der Waals surface area contributed by atoms with E-state index in [0.717, 1.165) is 18.4 Å². The Morgan fingerprint density at radius 1 is 1.11 bits per heavy atom. The minimum absolute atomic E-state index is 0.100. The summed E-state index contributed by atoms with van der Waals surface area (Å²) in [6, 6.07) is 12.3. The fourth-order valence-electron chi connectivity index (χ4n) is 2.51. The van der Waals surface area contributed by atoms with Crippen LogP contribution < -0.4 is 9.46 Å². The molecule has 6 nitrogen and oxygen atoms in total. The second-order valence-electron chi connectivity index (χ2n) is 6.36. The van der Waals surface area contributed by atoms with Gasteiger partial charge in [-0.05, 0) is 43.2 Å². The number of carbonyl (C=O) groups is 1. The average molecular weight is 391 g/mol. The minimum Gasteiger partial charge on any atom is -0.494 e. The first-order valence-corrected chi connectivity index (χ1v) is 10.3. The Hall–Kier alpha value is -2.38. The van der Waals surface area contributed by atoms with E-state index in [-0.39, 0.29) is 11.3 Å².